The number of aliphatic imine (C=N–C) groups is 1. The van der Waals surface area contributed by atoms with Crippen molar-refractivity contribution < 1.29 is 9.53 Å². The second-order valence-corrected chi connectivity index (χ2v) is 9.64. The van der Waals surface area contributed by atoms with Gasteiger partial charge >= 0.3 is 6.09 Å². The fourth-order valence-electron chi connectivity index (χ4n) is 4.75. The van der Waals surface area contributed by atoms with E-state index in [-0.39, 0.29) is 48.2 Å². The molecule has 32 heavy (non-hydrogen) atoms. The Labute approximate surface area is 207 Å². The normalized spacial score (nSPS) is 23.1. The number of fused-ring (bicyclic) bond motifs is 3. The summed E-state index contributed by atoms with van der Waals surface area (Å²) in [6.45, 7) is 8.43. The molecule has 2 aromatic rings. The largest absolute Gasteiger partial charge is 0.444 e. The van der Waals surface area contributed by atoms with Crippen LogP contribution in [0.15, 0.2) is 29.4 Å². The molecule has 2 aromatic heterocycles. The maximum atomic E-state index is 12.7. The van der Waals surface area contributed by atoms with Gasteiger partial charge in [0.25, 0.3) is 0 Å². The lowest BCUT2D eigenvalue weighted by Crippen LogP contribution is -2.54. The number of rotatable bonds is 3. The van der Waals surface area contributed by atoms with Gasteiger partial charge in [0.15, 0.2) is 5.96 Å². The minimum Gasteiger partial charge on any atom is -0.444 e. The minimum absolute atomic E-state index is 0. The lowest BCUT2D eigenvalue weighted by molar-refractivity contribution is 0.00545. The quantitative estimate of drug-likeness (QED) is 0.342. The third-order valence-electron chi connectivity index (χ3n) is 6.08. The first-order chi connectivity index (χ1) is 14.7. The first-order valence-corrected chi connectivity index (χ1v) is 11.2. The molecule has 2 bridgehead atoms. The molecule has 176 valence electrons. The highest BCUT2D eigenvalue weighted by molar-refractivity contribution is 14.0. The molecule has 0 spiro atoms. The van der Waals surface area contributed by atoms with Crippen molar-refractivity contribution in [2.75, 3.05) is 7.05 Å². The summed E-state index contributed by atoms with van der Waals surface area (Å²) in [7, 11) is 1.79. The van der Waals surface area contributed by atoms with Gasteiger partial charge in [-0.3, -0.25) is 4.99 Å². The van der Waals surface area contributed by atoms with Crippen LogP contribution in [0.25, 0.3) is 5.65 Å². The van der Waals surface area contributed by atoms with Gasteiger partial charge in [0, 0.05) is 37.1 Å². The number of guanidine groups is 1. The van der Waals surface area contributed by atoms with Gasteiger partial charge in [0.2, 0.25) is 0 Å². The number of imidazole rings is 1. The number of nitrogens with one attached hydrogen (secondary N) is 2. The molecule has 2 fully saturated rings. The number of hydrogen-bond donors (Lipinski definition) is 2. The molecule has 0 aliphatic carbocycles. The van der Waals surface area contributed by atoms with E-state index in [0.29, 0.717) is 6.54 Å². The van der Waals surface area contributed by atoms with E-state index in [2.05, 4.69) is 44.2 Å². The molecule has 0 aromatic carbocycles. The van der Waals surface area contributed by atoms with Gasteiger partial charge < -0.3 is 24.7 Å². The molecule has 2 saturated heterocycles. The monoisotopic (exact) mass is 554 g/mol. The molecular weight excluding hydrogens is 519 g/mol. The number of carbonyl (C=O) groups excluding carboxylic acids is 1. The summed E-state index contributed by atoms with van der Waals surface area (Å²) in [5, 5.41) is 6.94. The number of piperidine rings is 1. The molecule has 4 rings (SSSR count). The highest BCUT2D eigenvalue weighted by Crippen LogP contribution is 2.36. The summed E-state index contributed by atoms with van der Waals surface area (Å²) in [6.07, 6.45) is 5.77. The average Bonchev–Trinajstić information content (AvgIpc) is 3.23. The van der Waals surface area contributed by atoms with Crippen LogP contribution in [-0.2, 0) is 11.3 Å². The van der Waals surface area contributed by atoms with Gasteiger partial charge in [-0.2, -0.15) is 0 Å². The van der Waals surface area contributed by atoms with Crippen molar-refractivity contribution in [1.29, 1.82) is 0 Å². The molecule has 2 aliphatic rings. The molecule has 8 nitrogen and oxygen atoms in total. The molecule has 0 radical (unpaired) electrons. The van der Waals surface area contributed by atoms with Crippen molar-refractivity contribution in [3.8, 4) is 0 Å². The number of halogens is 1. The zero-order chi connectivity index (χ0) is 22.2. The Morgan fingerprint density at radius 2 is 1.94 bits per heavy atom. The van der Waals surface area contributed by atoms with Gasteiger partial charge in [0.1, 0.15) is 11.2 Å². The number of nitrogens with zero attached hydrogens (tertiary/aromatic N) is 4. The molecule has 1 amide bonds. The topological polar surface area (TPSA) is 83.3 Å². The number of hydrogen-bond acceptors (Lipinski definition) is 4. The van der Waals surface area contributed by atoms with E-state index in [9.17, 15) is 4.79 Å². The molecule has 2 atom stereocenters. The summed E-state index contributed by atoms with van der Waals surface area (Å²) in [6, 6.07) is 6.84. The smallest absolute Gasteiger partial charge is 0.410 e. The molecule has 2 unspecified atom stereocenters. The van der Waals surface area contributed by atoms with E-state index in [4.69, 9.17) is 4.74 Å². The van der Waals surface area contributed by atoms with Crippen molar-refractivity contribution >= 4 is 41.7 Å². The van der Waals surface area contributed by atoms with Crippen LogP contribution >= 0.6 is 24.0 Å². The van der Waals surface area contributed by atoms with Crippen LogP contribution in [0.4, 0.5) is 4.79 Å². The van der Waals surface area contributed by atoms with Crippen LogP contribution in [0, 0.1) is 6.92 Å². The Kier molecular flexibility index (Phi) is 7.57. The van der Waals surface area contributed by atoms with E-state index >= 15 is 0 Å². The SMILES string of the molecule is CN=C(NCc1cn2c(C)cccc2n1)NC1CC2CCC(C1)N2C(=O)OC(C)(C)C.I. The van der Waals surface area contributed by atoms with Crippen molar-refractivity contribution in [3.63, 3.8) is 0 Å². The first kappa shape index (κ1) is 24.6. The van der Waals surface area contributed by atoms with Crippen LogP contribution < -0.4 is 10.6 Å². The zero-order valence-electron chi connectivity index (χ0n) is 19.6. The van der Waals surface area contributed by atoms with Crippen molar-refractivity contribution in [2.24, 2.45) is 4.99 Å². The molecule has 4 heterocycles. The highest BCUT2D eigenvalue weighted by atomic mass is 127. The number of pyridine rings is 1. The summed E-state index contributed by atoms with van der Waals surface area (Å²) in [5.74, 6) is 0.767. The third kappa shape index (κ3) is 5.47. The standard InChI is InChI=1S/C23H34N6O2.HI/c1-15-7-6-8-20-26-17(14-28(15)20)13-25-21(24-5)27-16-11-18-9-10-19(12-16)29(18)22(30)31-23(2,3)4;/h6-8,14,16,18-19H,9-13H2,1-5H3,(H2,24,25,27);1H. The summed E-state index contributed by atoms with van der Waals surface area (Å²) in [5.41, 5.74) is 2.61. The average molecular weight is 554 g/mol. The van der Waals surface area contributed by atoms with E-state index in [1.807, 2.05) is 37.8 Å². The van der Waals surface area contributed by atoms with Gasteiger partial charge in [-0.15, -0.1) is 24.0 Å². The van der Waals surface area contributed by atoms with E-state index in [0.717, 1.165) is 48.7 Å². The Hall–Kier alpha value is -2.04. The van der Waals surface area contributed by atoms with Crippen LogP contribution in [0.3, 0.4) is 0 Å². The van der Waals surface area contributed by atoms with Gasteiger partial charge in [-0.1, -0.05) is 6.07 Å². The Morgan fingerprint density at radius 3 is 2.53 bits per heavy atom. The fourth-order valence-corrected chi connectivity index (χ4v) is 4.75. The summed E-state index contributed by atoms with van der Waals surface area (Å²) >= 11 is 0. The Morgan fingerprint density at radius 1 is 1.25 bits per heavy atom. The van der Waals surface area contributed by atoms with Gasteiger partial charge in [-0.05, 0) is 65.5 Å². The number of carbonyl (C=O) groups is 1. The highest BCUT2D eigenvalue weighted by Gasteiger charge is 2.45. The van der Waals surface area contributed by atoms with Gasteiger partial charge in [-0.25, -0.2) is 9.78 Å². The summed E-state index contributed by atoms with van der Waals surface area (Å²) in [4.78, 5) is 23.7. The van der Waals surface area contributed by atoms with E-state index in [1.165, 1.54) is 0 Å². The lowest BCUT2D eigenvalue weighted by atomic mass is 9.98. The molecule has 2 N–H and O–H groups in total. The number of ether oxygens (including phenoxy) is 1. The van der Waals surface area contributed by atoms with E-state index < -0.39 is 5.60 Å². The second-order valence-electron chi connectivity index (χ2n) is 9.64. The zero-order valence-corrected chi connectivity index (χ0v) is 21.9. The van der Waals surface area contributed by atoms with Crippen LogP contribution in [0.5, 0.6) is 0 Å². The maximum absolute atomic E-state index is 12.7. The van der Waals surface area contributed by atoms with Crippen LogP contribution in [0.1, 0.15) is 57.8 Å². The van der Waals surface area contributed by atoms with Crippen LogP contribution in [0.2, 0.25) is 0 Å². The lowest BCUT2D eigenvalue weighted by Gasteiger charge is -2.40. The number of aromatic nitrogens is 2. The number of amides is 1. The van der Waals surface area contributed by atoms with Crippen molar-refractivity contribution in [1.82, 2.24) is 24.9 Å². The van der Waals surface area contributed by atoms with Crippen molar-refractivity contribution in [3.05, 3.63) is 35.8 Å². The maximum Gasteiger partial charge on any atom is 0.410 e. The molecule has 2 aliphatic heterocycles. The molecule has 0 saturated carbocycles. The second kappa shape index (κ2) is 9.84. The Bertz CT molecular complexity index is 969. The number of aryl methyl sites for hydroxylation is 1. The minimum atomic E-state index is -0.464. The molecule has 9 heteroatoms. The molecular formula is C23H35IN6O2. The predicted octanol–water partition coefficient (Wildman–Crippen LogP) is 3.86. The van der Waals surface area contributed by atoms with Crippen LogP contribution in [-0.4, -0.2) is 57.1 Å². The van der Waals surface area contributed by atoms with Gasteiger partial charge in [0.05, 0.1) is 12.2 Å². The fraction of sp³-hybridized carbons (Fsp3) is 0.609. The third-order valence-corrected chi connectivity index (χ3v) is 6.08. The summed E-state index contributed by atoms with van der Waals surface area (Å²) < 4.78 is 7.73. The Balaban J connectivity index is 0.00000289. The van der Waals surface area contributed by atoms with Crippen molar-refractivity contribution in [2.45, 2.75) is 83.6 Å². The first-order valence-electron chi connectivity index (χ1n) is 11.2. The predicted molar refractivity (Wildman–Crippen MR) is 137 cm³/mol. The van der Waals surface area contributed by atoms with E-state index in [1.54, 1.807) is 7.05 Å².